The van der Waals surface area contributed by atoms with Gasteiger partial charge >= 0.3 is 0 Å². The van der Waals surface area contributed by atoms with Crippen LogP contribution in [-0.2, 0) is 16.0 Å². The van der Waals surface area contributed by atoms with E-state index in [4.69, 9.17) is 4.74 Å². The second-order valence-corrected chi connectivity index (χ2v) is 7.80. The lowest BCUT2D eigenvalue weighted by molar-refractivity contribution is -0.124. The molecule has 2 aliphatic heterocycles. The third kappa shape index (κ3) is 5.27. The molecule has 8 heteroatoms. The van der Waals surface area contributed by atoms with Gasteiger partial charge in [0.15, 0.2) is 0 Å². The summed E-state index contributed by atoms with van der Waals surface area (Å²) in [5.41, 5.74) is 3.60. The first-order valence-electron chi connectivity index (χ1n) is 10.7. The van der Waals surface area contributed by atoms with Crippen LogP contribution in [-0.4, -0.2) is 56.5 Å². The first-order chi connectivity index (χ1) is 16.0. The lowest BCUT2D eigenvalue weighted by Gasteiger charge is -2.20. The molecule has 0 unspecified atom stereocenters. The van der Waals surface area contributed by atoms with E-state index in [9.17, 15) is 9.59 Å². The monoisotopic (exact) mass is 443 g/mol. The molecule has 2 aromatic carbocycles. The van der Waals surface area contributed by atoms with Crippen LogP contribution in [0.25, 0.3) is 0 Å². The number of carbonyl (C=O) groups is 2. The molecule has 4 rings (SSSR count). The van der Waals surface area contributed by atoms with Crippen molar-refractivity contribution < 1.29 is 14.3 Å². The van der Waals surface area contributed by atoms with Crippen molar-refractivity contribution >= 4 is 28.9 Å². The number of nitrogens with zero attached hydrogens (tertiary/aromatic N) is 3. The molecule has 2 aromatic rings. The van der Waals surface area contributed by atoms with Gasteiger partial charge in [-0.05, 0) is 30.8 Å². The van der Waals surface area contributed by atoms with Gasteiger partial charge in [0, 0.05) is 25.5 Å². The van der Waals surface area contributed by atoms with Gasteiger partial charge in [-0.1, -0.05) is 42.2 Å². The van der Waals surface area contributed by atoms with E-state index >= 15 is 0 Å². The van der Waals surface area contributed by atoms with E-state index in [1.807, 2.05) is 49.5 Å². The summed E-state index contributed by atoms with van der Waals surface area (Å²) in [6.07, 6.45) is 0.984. The smallest absolute Gasteiger partial charge is 0.268 e. The maximum Gasteiger partial charge on any atom is 0.268 e. The molecule has 8 nitrogen and oxygen atoms in total. The highest BCUT2D eigenvalue weighted by molar-refractivity contribution is 6.43. The third-order valence-electron chi connectivity index (χ3n) is 5.35. The highest BCUT2D eigenvalue weighted by Crippen LogP contribution is 2.31. The van der Waals surface area contributed by atoms with Gasteiger partial charge in [0.1, 0.15) is 24.1 Å². The zero-order valence-corrected chi connectivity index (χ0v) is 18.6. The number of ether oxygens (including phenoxy) is 1. The SMILES string of the molecule is CNCC#Cc1ccc2c(c1)N(C)C(=O)[C@@H](NC(=O)C1=NN=C(Cc3ccccc3)C1)CO2. The molecule has 0 radical (unpaired) electrons. The molecule has 0 bridgehead atoms. The van der Waals surface area contributed by atoms with Crippen LogP contribution in [0.4, 0.5) is 5.69 Å². The van der Waals surface area contributed by atoms with E-state index in [0.717, 1.165) is 16.8 Å². The predicted octanol–water partition coefficient (Wildman–Crippen LogP) is 1.54. The summed E-state index contributed by atoms with van der Waals surface area (Å²) < 4.78 is 5.84. The fourth-order valence-electron chi connectivity index (χ4n) is 3.61. The number of benzene rings is 2. The molecule has 0 aromatic heterocycles. The molecule has 168 valence electrons. The summed E-state index contributed by atoms with van der Waals surface area (Å²) in [7, 11) is 3.49. The number of fused-ring (bicyclic) bond motifs is 1. The number of hydrogen-bond donors (Lipinski definition) is 2. The van der Waals surface area contributed by atoms with Gasteiger partial charge in [-0.25, -0.2) is 0 Å². The predicted molar refractivity (Wildman–Crippen MR) is 128 cm³/mol. The van der Waals surface area contributed by atoms with E-state index in [1.54, 1.807) is 13.1 Å². The van der Waals surface area contributed by atoms with Gasteiger partial charge < -0.3 is 20.3 Å². The van der Waals surface area contributed by atoms with E-state index in [2.05, 4.69) is 32.7 Å². The highest BCUT2D eigenvalue weighted by Gasteiger charge is 2.32. The van der Waals surface area contributed by atoms with Gasteiger partial charge in [-0.2, -0.15) is 5.10 Å². The van der Waals surface area contributed by atoms with Crippen LogP contribution < -0.4 is 20.3 Å². The molecule has 0 aliphatic carbocycles. The number of likely N-dealkylation sites (N-methyl/N-ethyl adjacent to an activating group) is 1. The van der Waals surface area contributed by atoms with Crippen molar-refractivity contribution in [3.05, 3.63) is 59.7 Å². The Morgan fingerprint density at radius 1 is 1.21 bits per heavy atom. The maximum atomic E-state index is 13.1. The Morgan fingerprint density at radius 3 is 2.82 bits per heavy atom. The van der Waals surface area contributed by atoms with Gasteiger partial charge in [0.2, 0.25) is 0 Å². The quantitative estimate of drug-likeness (QED) is 0.686. The average Bonchev–Trinajstić information content (AvgIpc) is 3.26. The number of rotatable bonds is 5. The van der Waals surface area contributed by atoms with Crippen molar-refractivity contribution in [2.45, 2.75) is 18.9 Å². The molecular weight excluding hydrogens is 418 g/mol. The summed E-state index contributed by atoms with van der Waals surface area (Å²) in [5.74, 6) is 5.92. The Balaban J connectivity index is 1.39. The van der Waals surface area contributed by atoms with E-state index < -0.39 is 11.9 Å². The maximum absolute atomic E-state index is 13.1. The number of carbonyl (C=O) groups excluding carboxylic acids is 2. The summed E-state index contributed by atoms with van der Waals surface area (Å²) in [4.78, 5) is 27.3. The molecule has 2 aliphatic rings. The van der Waals surface area contributed by atoms with Crippen molar-refractivity contribution in [3.63, 3.8) is 0 Å². The number of hydrogen-bond acceptors (Lipinski definition) is 6. The molecule has 2 N–H and O–H groups in total. The Kier molecular flexibility index (Phi) is 6.81. The van der Waals surface area contributed by atoms with Crippen molar-refractivity contribution in [3.8, 4) is 17.6 Å². The Labute approximate surface area is 192 Å². The molecule has 0 fully saturated rings. The second-order valence-electron chi connectivity index (χ2n) is 7.80. The average molecular weight is 444 g/mol. The fourth-order valence-corrected chi connectivity index (χ4v) is 3.61. The number of amides is 2. The molecule has 2 heterocycles. The van der Waals surface area contributed by atoms with E-state index in [1.165, 1.54) is 4.90 Å². The van der Waals surface area contributed by atoms with Crippen LogP contribution in [0.2, 0.25) is 0 Å². The number of anilines is 1. The normalized spacial score (nSPS) is 17.1. The molecule has 0 spiro atoms. The van der Waals surface area contributed by atoms with Gasteiger partial charge in [-0.15, -0.1) is 5.10 Å². The zero-order valence-electron chi connectivity index (χ0n) is 18.6. The lowest BCUT2D eigenvalue weighted by Crippen LogP contribution is -2.51. The molecule has 1 atom stereocenters. The highest BCUT2D eigenvalue weighted by atomic mass is 16.5. The Bertz CT molecular complexity index is 1180. The molecule has 2 amide bonds. The van der Waals surface area contributed by atoms with Crippen molar-refractivity contribution in [2.24, 2.45) is 10.2 Å². The molecular formula is C25H25N5O3. The minimum atomic E-state index is -0.838. The summed E-state index contributed by atoms with van der Waals surface area (Å²) in [6.45, 7) is 0.592. The minimum absolute atomic E-state index is 0.0255. The first-order valence-corrected chi connectivity index (χ1v) is 10.7. The van der Waals surface area contributed by atoms with Crippen LogP contribution in [0.3, 0.4) is 0 Å². The fraction of sp³-hybridized carbons (Fsp3) is 0.280. The van der Waals surface area contributed by atoms with Gasteiger partial charge in [-0.3, -0.25) is 9.59 Å². The van der Waals surface area contributed by atoms with Crippen LogP contribution in [0.1, 0.15) is 17.5 Å². The van der Waals surface area contributed by atoms with Gasteiger partial charge in [0.25, 0.3) is 11.8 Å². The minimum Gasteiger partial charge on any atom is -0.489 e. The van der Waals surface area contributed by atoms with Gasteiger partial charge in [0.05, 0.1) is 17.9 Å². The van der Waals surface area contributed by atoms with Crippen molar-refractivity contribution in [1.29, 1.82) is 0 Å². The molecule has 33 heavy (non-hydrogen) atoms. The first kappa shape index (κ1) is 22.2. The Hall–Kier alpha value is -3.96. The topological polar surface area (TPSA) is 95.4 Å². The lowest BCUT2D eigenvalue weighted by atomic mass is 10.0. The zero-order chi connectivity index (χ0) is 23.2. The Morgan fingerprint density at radius 2 is 2.03 bits per heavy atom. The summed E-state index contributed by atoms with van der Waals surface area (Å²) in [5, 5.41) is 13.9. The third-order valence-corrected chi connectivity index (χ3v) is 5.35. The van der Waals surface area contributed by atoms with Crippen molar-refractivity contribution in [2.75, 3.05) is 32.1 Å². The molecule has 0 saturated carbocycles. The summed E-state index contributed by atoms with van der Waals surface area (Å²) in [6, 6.07) is 14.5. The summed E-state index contributed by atoms with van der Waals surface area (Å²) >= 11 is 0. The number of nitrogens with one attached hydrogen (secondary N) is 2. The largest absolute Gasteiger partial charge is 0.489 e. The van der Waals surface area contributed by atoms with E-state index in [-0.39, 0.29) is 12.5 Å². The second kappa shape index (κ2) is 10.1. The standard InChI is InChI=1S/C25H25N5O3/c1-26-12-6-9-18-10-11-23-22(14-18)30(2)25(32)21(16-33-23)27-24(31)20-15-19(28-29-20)13-17-7-4-3-5-8-17/h3-5,7-8,10-11,14,21,26H,12-13,15-16H2,1-2H3,(H,27,31)/t21-/m0/s1. The van der Waals surface area contributed by atoms with E-state index in [0.29, 0.717) is 36.5 Å². The van der Waals surface area contributed by atoms with Crippen LogP contribution in [0.5, 0.6) is 5.75 Å². The van der Waals surface area contributed by atoms with Crippen molar-refractivity contribution in [1.82, 2.24) is 10.6 Å². The van der Waals surface area contributed by atoms with Crippen LogP contribution in [0, 0.1) is 11.8 Å². The molecule has 0 saturated heterocycles. The van der Waals surface area contributed by atoms with Crippen LogP contribution >= 0.6 is 0 Å². The van der Waals surface area contributed by atoms with Crippen LogP contribution in [0.15, 0.2) is 58.7 Å².